The molecule has 0 unspecified atom stereocenters. The van der Waals surface area contributed by atoms with Gasteiger partial charge in [-0.05, 0) is 31.4 Å². The Morgan fingerprint density at radius 2 is 1.95 bits per heavy atom. The summed E-state index contributed by atoms with van der Waals surface area (Å²) in [5.74, 6) is -1.99. The number of carbonyl (C=O) groups is 3. The van der Waals surface area contributed by atoms with Crippen LogP contribution in [0.1, 0.15) is 37.6 Å². The molecule has 0 aliphatic rings. The van der Waals surface area contributed by atoms with Gasteiger partial charge >= 0.3 is 5.97 Å². The summed E-state index contributed by atoms with van der Waals surface area (Å²) in [5, 5.41) is 11.5. The largest absolute Gasteiger partial charge is 0.480 e. The van der Waals surface area contributed by atoms with Crippen LogP contribution < -0.4 is 10.9 Å². The highest BCUT2D eigenvalue weighted by Crippen LogP contribution is 2.05. The molecule has 0 bridgehead atoms. The minimum atomic E-state index is -1.12. The lowest BCUT2D eigenvalue weighted by molar-refractivity contribution is -0.142. The molecule has 0 saturated carbocycles. The van der Waals surface area contributed by atoms with Gasteiger partial charge in [0.05, 0.1) is 5.56 Å². The Bertz CT molecular complexity index is 633. The molecule has 0 aromatic carbocycles. The molecule has 1 aromatic rings. The van der Waals surface area contributed by atoms with Crippen molar-refractivity contribution in [1.29, 1.82) is 0 Å². The summed E-state index contributed by atoms with van der Waals surface area (Å²) < 4.78 is 1.08. The van der Waals surface area contributed by atoms with E-state index < -0.39 is 23.5 Å². The summed E-state index contributed by atoms with van der Waals surface area (Å²) in [6.45, 7) is 4.64. The van der Waals surface area contributed by atoms with E-state index in [-0.39, 0.29) is 23.8 Å². The number of nitrogens with zero attached hydrogens (tertiary/aromatic N) is 1. The van der Waals surface area contributed by atoms with E-state index in [0.29, 0.717) is 6.42 Å². The first-order valence-electron chi connectivity index (χ1n) is 6.95. The van der Waals surface area contributed by atoms with E-state index in [1.165, 1.54) is 25.3 Å². The number of ketones is 1. The molecule has 7 nitrogen and oxygen atoms in total. The maximum absolute atomic E-state index is 12.0. The number of Topliss-reactive ketones (excluding diaryl/α,β-unsaturated/α-hetero) is 1. The van der Waals surface area contributed by atoms with E-state index in [0.717, 1.165) is 4.57 Å². The fourth-order valence-corrected chi connectivity index (χ4v) is 2.02. The van der Waals surface area contributed by atoms with E-state index in [9.17, 15) is 19.2 Å². The third-order valence-electron chi connectivity index (χ3n) is 3.05. The van der Waals surface area contributed by atoms with Crippen LogP contribution in [-0.4, -0.2) is 33.4 Å². The lowest BCUT2D eigenvalue weighted by atomic mass is 10.0. The number of carboxylic acid groups (broad SMARTS) is 1. The summed E-state index contributed by atoms with van der Waals surface area (Å²) in [6.07, 6.45) is 1.68. The number of hydrogen-bond donors (Lipinski definition) is 2. The molecule has 1 heterocycles. The van der Waals surface area contributed by atoms with Gasteiger partial charge in [-0.3, -0.25) is 14.4 Å². The average Bonchev–Trinajstić information content (AvgIpc) is 2.39. The van der Waals surface area contributed by atoms with E-state index in [1.807, 2.05) is 13.8 Å². The Labute approximate surface area is 128 Å². The molecule has 1 amide bonds. The van der Waals surface area contributed by atoms with Crippen molar-refractivity contribution in [3.05, 3.63) is 34.2 Å². The van der Waals surface area contributed by atoms with Gasteiger partial charge in [-0.15, -0.1) is 0 Å². The van der Waals surface area contributed by atoms with Gasteiger partial charge in [-0.1, -0.05) is 13.8 Å². The van der Waals surface area contributed by atoms with Crippen molar-refractivity contribution in [3.8, 4) is 0 Å². The number of rotatable bonds is 7. The molecule has 0 radical (unpaired) electrons. The van der Waals surface area contributed by atoms with Gasteiger partial charge in [0.1, 0.15) is 12.6 Å². The molecule has 22 heavy (non-hydrogen) atoms. The quantitative estimate of drug-likeness (QED) is 0.720. The molecule has 0 saturated heterocycles. The van der Waals surface area contributed by atoms with Crippen molar-refractivity contribution in [2.45, 2.75) is 39.8 Å². The van der Waals surface area contributed by atoms with E-state index in [2.05, 4.69) is 5.32 Å². The number of aliphatic carboxylic acids is 1. The zero-order valence-electron chi connectivity index (χ0n) is 12.8. The van der Waals surface area contributed by atoms with Crippen LogP contribution in [0.2, 0.25) is 0 Å². The fourth-order valence-electron chi connectivity index (χ4n) is 2.02. The predicted molar refractivity (Wildman–Crippen MR) is 79.7 cm³/mol. The van der Waals surface area contributed by atoms with Crippen LogP contribution in [0.25, 0.3) is 0 Å². The van der Waals surface area contributed by atoms with Gasteiger partial charge in [-0.25, -0.2) is 4.79 Å². The Kier molecular flexibility index (Phi) is 6.03. The zero-order chi connectivity index (χ0) is 16.9. The summed E-state index contributed by atoms with van der Waals surface area (Å²) in [7, 11) is 0. The molecule has 0 fully saturated rings. The van der Waals surface area contributed by atoms with Gasteiger partial charge < -0.3 is 15.0 Å². The second-order valence-electron chi connectivity index (χ2n) is 5.50. The Balaban J connectivity index is 2.85. The lowest BCUT2D eigenvalue weighted by Crippen LogP contribution is -2.44. The molecule has 0 aliphatic carbocycles. The third kappa shape index (κ3) is 4.83. The van der Waals surface area contributed by atoms with Crippen LogP contribution in [0.15, 0.2) is 23.1 Å². The van der Waals surface area contributed by atoms with Gasteiger partial charge in [0.2, 0.25) is 5.91 Å². The Hall–Kier alpha value is -2.44. The smallest absolute Gasteiger partial charge is 0.326 e. The molecule has 7 heteroatoms. The van der Waals surface area contributed by atoms with Crippen molar-refractivity contribution < 1.29 is 19.5 Å². The minimum absolute atomic E-state index is 0.00716. The van der Waals surface area contributed by atoms with Crippen molar-refractivity contribution in [1.82, 2.24) is 9.88 Å². The van der Waals surface area contributed by atoms with Gasteiger partial charge in [0.15, 0.2) is 5.78 Å². The normalized spacial score (nSPS) is 12.0. The molecule has 0 aliphatic heterocycles. The lowest BCUT2D eigenvalue weighted by Gasteiger charge is -2.17. The average molecular weight is 308 g/mol. The Morgan fingerprint density at radius 1 is 1.32 bits per heavy atom. The second-order valence-corrected chi connectivity index (χ2v) is 5.50. The van der Waals surface area contributed by atoms with E-state index in [4.69, 9.17) is 5.11 Å². The molecule has 1 rings (SSSR count). The SMILES string of the molecule is CC(=O)c1cccn(CC(=O)N[C@@H](CC(C)C)C(=O)O)c1=O. The molecular weight excluding hydrogens is 288 g/mol. The zero-order valence-corrected chi connectivity index (χ0v) is 12.8. The highest BCUT2D eigenvalue weighted by Gasteiger charge is 2.21. The molecule has 1 aromatic heterocycles. The van der Waals surface area contributed by atoms with Crippen LogP contribution in [0.3, 0.4) is 0 Å². The summed E-state index contributed by atoms with van der Waals surface area (Å²) in [5.41, 5.74) is -0.576. The molecule has 0 spiro atoms. The first-order chi connectivity index (χ1) is 10.2. The predicted octanol–water partition coefficient (Wildman–Crippen LogP) is 0.666. The van der Waals surface area contributed by atoms with E-state index in [1.54, 1.807) is 0 Å². The van der Waals surface area contributed by atoms with E-state index >= 15 is 0 Å². The molecule has 2 N–H and O–H groups in total. The van der Waals surface area contributed by atoms with Crippen LogP contribution >= 0.6 is 0 Å². The maximum atomic E-state index is 12.0. The monoisotopic (exact) mass is 308 g/mol. The summed E-state index contributed by atoms with van der Waals surface area (Å²) in [6, 6.07) is 1.88. The van der Waals surface area contributed by atoms with Crippen LogP contribution in [0.4, 0.5) is 0 Å². The first kappa shape index (κ1) is 17.6. The van der Waals surface area contributed by atoms with Crippen molar-refractivity contribution in [2.75, 3.05) is 0 Å². The van der Waals surface area contributed by atoms with Gasteiger partial charge in [-0.2, -0.15) is 0 Å². The van der Waals surface area contributed by atoms with Crippen molar-refractivity contribution in [3.63, 3.8) is 0 Å². The third-order valence-corrected chi connectivity index (χ3v) is 3.05. The molecule has 1 atom stereocenters. The highest BCUT2D eigenvalue weighted by molar-refractivity contribution is 5.93. The number of amides is 1. The number of pyridine rings is 1. The number of carboxylic acids is 1. The number of nitrogens with one attached hydrogen (secondary N) is 1. The number of hydrogen-bond acceptors (Lipinski definition) is 4. The van der Waals surface area contributed by atoms with Crippen LogP contribution in [0, 0.1) is 5.92 Å². The van der Waals surface area contributed by atoms with Gasteiger partial charge in [0, 0.05) is 6.20 Å². The number of aromatic nitrogens is 1. The van der Waals surface area contributed by atoms with Crippen LogP contribution in [0.5, 0.6) is 0 Å². The van der Waals surface area contributed by atoms with Crippen LogP contribution in [-0.2, 0) is 16.1 Å². The standard InChI is InChI=1S/C15H20N2O5/c1-9(2)7-12(15(21)22)16-13(19)8-17-6-4-5-11(10(3)18)14(17)20/h4-6,9,12H,7-8H2,1-3H3,(H,16,19)(H,21,22)/t12-/m0/s1. The number of carbonyl (C=O) groups excluding carboxylic acids is 2. The summed E-state index contributed by atoms with van der Waals surface area (Å²) in [4.78, 5) is 46.3. The topological polar surface area (TPSA) is 105 Å². The van der Waals surface area contributed by atoms with Crippen molar-refractivity contribution >= 4 is 17.7 Å². The molecular formula is C15H20N2O5. The Morgan fingerprint density at radius 3 is 2.45 bits per heavy atom. The maximum Gasteiger partial charge on any atom is 0.326 e. The van der Waals surface area contributed by atoms with Gasteiger partial charge in [0.25, 0.3) is 5.56 Å². The second kappa shape index (κ2) is 7.53. The van der Waals surface area contributed by atoms with Crippen molar-refractivity contribution in [2.24, 2.45) is 5.92 Å². The molecule has 120 valence electrons. The first-order valence-corrected chi connectivity index (χ1v) is 6.95. The minimum Gasteiger partial charge on any atom is -0.480 e. The summed E-state index contributed by atoms with van der Waals surface area (Å²) >= 11 is 0. The highest BCUT2D eigenvalue weighted by atomic mass is 16.4. The fraction of sp³-hybridized carbons (Fsp3) is 0.467.